The molecule has 0 radical (unpaired) electrons. The lowest BCUT2D eigenvalue weighted by molar-refractivity contribution is -0.139. The number of hydrazone groups is 1. The van der Waals surface area contributed by atoms with Crippen LogP contribution >= 0.6 is 22.6 Å². The minimum absolute atomic E-state index is 0.398. The monoisotopic (exact) mass is 470 g/mol. The lowest BCUT2D eigenvalue weighted by Crippen LogP contribution is -2.11. The summed E-state index contributed by atoms with van der Waals surface area (Å²) in [6, 6.07) is 11.3. The molecule has 0 aromatic heterocycles. The molecule has 0 bridgehead atoms. The molecule has 0 atom stereocenters. The van der Waals surface area contributed by atoms with Gasteiger partial charge in [0, 0.05) is 5.56 Å². The van der Waals surface area contributed by atoms with E-state index in [0.29, 0.717) is 18.0 Å². The van der Waals surface area contributed by atoms with Crippen molar-refractivity contribution in [3.05, 3.63) is 51.1 Å². The van der Waals surface area contributed by atoms with Crippen LogP contribution in [0.5, 0.6) is 17.2 Å². The van der Waals surface area contributed by atoms with E-state index in [2.05, 4.69) is 33.1 Å². The average molecular weight is 470 g/mol. The van der Waals surface area contributed by atoms with Gasteiger partial charge in [0.2, 0.25) is 0 Å². The number of nitrogens with zero attached hydrogens (tertiary/aromatic N) is 1. The van der Waals surface area contributed by atoms with Crippen LogP contribution in [0.15, 0.2) is 41.5 Å². The van der Waals surface area contributed by atoms with Crippen LogP contribution < -0.4 is 19.6 Å². The van der Waals surface area contributed by atoms with Crippen molar-refractivity contribution in [2.24, 2.45) is 5.10 Å². The third-order valence-electron chi connectivity index (χ3n) is 3.36. The predicted octanol–water partition coefficient (Wildman–Crippen LogP) is 2.90. The Hall–Kier alpha value is -2.49. The predicted molar refractivity (Wildman–Crippen MR) is 106 cm³/mol. The van der Waals surface area contributed by atoms with E-state index in [1.54, 1.807) is 19.4 Å². The molecule has 0 unspecified atom stereocenters. The van der Waals surface area contributed by atoms with Gasteiger partial charge in [0.25, 0.3) is 0 Å². The smallest absolute Gasteiger partial charge is 0.341 e. The summed E-state index contributed by atoms with van der Waals surface area (Å²) in [4.78, 5) is 10.7. The molecule has 0 saturated heterocycles. The second-order valence-corrected chi connectivity index (χ2v) is 6.28. The van der Waals surface area contributed by atoms with Gasteiger partial charge in [-0.1, -0.05) is 18.2 Å². The van der Waals surface area contributed by atoms with E-state index in [9.17, 15) is 4.79 Å². The summed E-state index contributed by atoms with van der Waals surface area (Å²) >= 11 is 2.06. The topological polar surface area (TPSA) is 89.4 Å². The molecule has 2 aromatic carbocycles. The summed E-state index contributed by atoms with van der Waals surface area (Å²) < 4.78 is 16.6. The summed E-state index contributed by atoms with van der Waals surface area (Å²) in [6.07, 6.45) is 1.65. The molecule has 2 aromatic rings. The van der Waals surface area contributed by atoms with Crippen LogP contribution in [0.4, 0.5) is 0 Å². The number of para-hydroxylation sites is 1. The highest BCUT2D eigenvalue weighted by Crippen LogP contribution is 2.33. The van der Waals surface area contributed by atoms with Gasteiger partial charge in [0.1, 0.15) is 5.75 Å². The van der Waals surface area contributed by atoms with E-state index in [-0.39, 0.29) is 0 Å². The number of carboxylic acids is 1. The maximum atomic E-state index is 10.7. The number of aliphatic carboxylic acids is 1. The molecular weight excluding hydrogens is 451 g/mol. The molecule has 0 heterocycles. The highest BCUT2D eigenvalue weighted by molar-refractivity contribution is 14.1. The Morgan fingerprint density at radius 2 is 1.96 bits per heavy atom. The normalized spacial score (nSPS) is 10.6. The Kier molecular flexibility index (Phi) is 7.52. The first kappa shape index (κ1) is 19.8. The van der Waals surface area contributed by atoms with Gasteiger partial charge in [0.05, 0.1) is 30.5 Å². The number of nitrogens with one attached hydrogen (secondary N) is 1. The van der Waals surface area contributed by atoms with Crippen molar-refractivity contribution >= 4 is 34.8 Å². The molecule has 0 amide bonds. The quantitative estimate of drug-likeness (QED) is 0.333. The van der Waals surface area contributed by atoms with Crippen LogP contribution in [-0.4, -0.2) is 38.1 Å². The molecule has 8 heteroatoms. The zero-order valence-electron chi connectivity index (χ0n) is 14.4. The Morgan fingerprint density at radius 1 is 1.23 bits per heavy atom. The standard InChI is InChI=1S/C18H19IN2O5/c1-24-15-6-4-3-5-13(15)10-21-20-9-12-7-14(19)18(16(8-12)25-2)26-11-17(22)23/h3-9,21H,10-11H2,1-2H3,(H,22,23)/b20-9-. The number of halogens is 1. The minimum atomic E-state index is -1.05. The zero-order valence-corrected chi connectivity index (χ0v) is 16.5. The van der Waals surface area contributed by atoms with E-state index in [0.717, 1.165) is 20.4 Å². The van der Waals surface area contributed by atoms with Gasteiger partial charge in [0.15, 0.2) is 18.1 Å². The fraction of sp³-hybridized carbons (Fsp3) is 0.222. The molecule has 0 saturated carbocycles. The number of ether oxygens (including phenoxy) is 3. The highest BCUT2D eigenvalue weighted by atomic mass is 127. The molecule has 2 N–H and O–H groups in total. The summed E-state index contributed by atoms with van der Waals surface area (Å²) in [5, 5.41) is 13.0. The molecule has 138 valence electrons. The summed E-state index contributed by atoms with van der Waals surface area (Å²) in [5.41, 5.74) is 4.76. The molecule has 0 aliphatic carbocycles. The fourth-order valence-electron chi connectivity index (χ4n) is 2.19. The van der Waals surface area contributed by atoms with Crippen molar-refractivity contribution in [3.8, 4) is 17.2 Å². The number of carbonyl (C=O) groups is 1. The van der Waals surface area contributed by atoms with Gasteiger partial charge in [-0.25, -0.2) is 4.79 Å². The first-order valence-corrected chi connectivity index (χ1v) is 8.73. The van der Waals surface area contributed by atoms with Gasteiger partial charge in [-0.05, 0) is 46.4 Å². The van der Waals surface area contributed by atoms with Gasteiger partial charge in [-0.15, -0.1) is 0 Å². The maximum Gasteiger partial charge on any atom is 0.341 e. The Balaban J connectivity index is 2.05. The summed E-state index contributed by atoms with van der Waals surface area (Å²) in [7, 11) is 3.13. The lowest BCUT2D eigenvalue weighted by Gasteiger charge is -2.12. The number of carboxylic acid groups (broad SMARTS) is 1. The minimum Gasteiger partial charge on any atom is -0.496 e. The molecule has 26 heavy (non-hydrogen) atoms. The molecule has 2 rings (SSSR count). The van der Waals surface area contributed by atoms with Crippen molar-refractivity contribution in [3.63, 3.8) is 0 Å². The van der Waals surface area contributed by atoms with E-state index in [1.165, 1.54) is 7.11 Å². The lowest BCUT2D eigenvalue weighted by atomic mass is 10.2. The second-order valence-electron chi connectivity index (χ2n) is 5.12. The molecular formula is C18H19IN2O5. The zero-order chi connectivity index (χ0) is 18.9. The second kappa shape index (κ2) is 9.85. The van der Waals surface area contributed by atoms with Crippen molar-refractivity contribution in [1.82, 2.24) is 5.43 Å². The first-order chi connectivity index (χ1) is 12.5. The number of hydrogen-bond donors (Lipinski definition) is 2. The van der Waals surface area contributed by atoms with Crippen molar-refractivity contribution in [1.29, 1.82) is 0 Å². The molecule has 7 nitrogen and oxygen atoms in total. The van der Waals surface area contributed by atoms with Crippen LogP contribution in [0, 0.1) is 3.57 Å². The third-order valence-corrected chi connectivity index (χ3v) is 4.16. The number of methoxy groups -OCH3 is 2. The van der Waals surface area contributed by atoms with Crippen LogP contribution in [0.25, 0.3) is 0 Å². The van der Waals surface area contributed by atoms with E-state index < -0.39 is 12.6 Å². The Morgan fingerprint density at radius 3 is 2.65 bits per heavy atom. The van der Waals surface area contributed by atoms with Crippen molar-refractivity contribution in [2.45, 2.75) is 6.54 Å². The molecule has 0 fully saturated rings. The Labute approximate surface area is 165 Å². The molecule has 0 aliphatic rings. The van der Waals surface area contributed by atoms with Crippen LogP contribution in [-0.2, 0) is 11.3 Å². The van der Waals surface area contributed by atoms with Gasteiger partial charge < -0.3 is 24.7 Å². The van der Waals surface area contributed by atoms with Crippen LogP contribution in [0.1, 0.15) is 11.1 Å². The van der Waals surface area contributed by atoms with Crippen LogP contribution in [0.3, 0.4) is 0 Å². The number of rotatable bonds is 9. The Bertz CT molecular complexity index is 795. The van der Waals surface area contributed by atoms with Gasteiger partial charge in [-0.2, -0.15) is 5.10 Å². The van der Waals surface area contributed by atoms with Gasteiger partial charge in [-0.3, -0.25) is 0 Å². The van der Waals surface area contributed by atoms with E-state index >= 15 is 0 Å². The fourth-order valence-corrected chi connectivity index (χ4v) is 2.97. The average Bonchev–Trinajstić information content (AvgIpc) is 2.64. The first-order valence-electron chi connectivity index (χ1n) is 7.65. The van der Waals surface area contributed by atoms with Crippen molar-refractivity contribution in [2.75, 3.05) is 20.8 Å². The molecule has 0 spiro atoms. The maximum absolute atomic E-state index is 10.7. The highest BCUT2D eigenvalue weighted by Gasteiger charge is 2.12. The number of benzene rings is 2. The largest absolute Gasteiger partial charge is 0.496 e. The SMILES string of the molecule is COc1ccccc1CN/N=C\c1cc(I)c(OCC(=O)O)c(OC)c1. The van der Waals surface area contributed by atoms with Crippen LogP contribution in [0.2, 0.25) is 0 Å². The van der Waals surface area contributed by atoms with E-state index in [1.807, 2.05) is 30.3 Å². The summed E-state index contributed by atoms with van der Waals surface area (Å²) in [5.74, 6) is 0.597. The van der Waals surface area contributed by atoms with E-state index in [4.69, 9.17) is 19.3 Å². The van der Waals surface area contributed by atoms with Crippen molar-refractivity contribution < 1.29 is 24.1 Å². The molecule has 0 aliphatic heterocycles. The summed E-state index contributed by atoms with van der Waals surface area (Å²) in [6.45, 7) is 0.0921. The van der Waals surface area contributed by atoms with Gasteiger partial charge >= 0.3 is 5.97 Å². The third kappa shape index (κ3) is 5.51. The number of hydrogen-bond acceptors (Lipinski definition) is 6.